The maximum absolute atomic E-state index is 4.54. The molecular formula is C19H36N4. The monoisotopic (exact) mass is 320 g/mol. The lowest BCUT2D eigenvalue weighted by Crippen LogP contribution is -2.42. The normalized spacial score (nSPS) is 32.9. The molecule has 3 unspecified atom stereocenters. The summed E-state index contributed by atoms with van der Waals surface area (Å²) >= 11 is 0. The molecule has 3 rings (SSSR count). The molecule has 2 aliphatic heterocycles. The van der Waals surface area contributed by atoms with Gasteiger partial charge in [0.15, 0.2) is 5.96 Å². The second-order valence-corrected chi connectivity index (χ2v) is 8.09. The fraction of sp³-hybridized carbons (Fsp3) is 0.947. The van der Waals surface area contributed by atoms with E-state index in [0.29, 0.717) is 0 Å². The van der Waals surface area contributed by atoms with E-state index < -0.39 is 0 Å². The smallest absolute Gasteiger partial charge is 0.193 e. The molecule has 23 heavy (non-hydrogen) atoms. The summed E-state index contributed by atoms with van der Waals surface area (Å²) in [6.07, 6.45) is 9.78. The lowest BCUT2D eigenvalue weighted by molar-refractivity contribution is 0.182. The Bertz CT molecular complexity index is 381. The Kier molecular flexibility index (Phi) is 6.21. The van der Waals surface area contributed by atoms with Crippen LogP contribution >= 0.6 is 0 Å². The molecule has 0 radical (unpaired) electrons. The summed E-state index contributed by atoms with van der Waals surface area (Å²) < 4.78 is 0. The first-order valence-corrected chi connectivity index (χ1v) is 9.94. The summed E-state index contributed by atoms with van der Waals surface area (Å²) in [6.45, 7) is 9.74. The summed E-state index contributed by atoms with van der Waals surface area (Å²) in [7, 11) is 1.94. The average Bonchev–Trinajstić information content (AvgIpc) is 2.98. The fourth-order valence-electron chi connectivity index (χ4n) is 4.90. The van der Waals surface area contributed by atoms with Crippen molar-refractivity contribution in [2.75, 3.05) is 46.3 Å². The SMILES string of the molecule is CN=C(NCCCN1CCCC(C)C1)N1CC2CCCCC2C1. The van der Waals surface area contributed by atoms with Gasteiger partial charge in [0.1, 0.15) is 0 Å². The number of nitrogens with one attached hydrogen (secondary N) is 1. The molecule has 0 spiro atoms. The lowest BCUT2D eigenvalue weighted by Gasteiger charge is -2.31. The van der Waals surface area contributed by atoms with E-state index in [0.717, 1.165) is 30.3 Å². The zero-order chi connectivity index (χ0) is 16.1. The first-order valence-electron chi connectivity index (χ1n) is 9.94. The molecule has 0 aromatic rings. The Morgan fingerprint density at radius 1 is 1.04 bits per heavy atom. The number of rotatable bonds is 4. The second kappa shape index (κ2) is 8.36. The summed E-state index contributed by atoms with van der Waals surface area (Å²) in [5.41, 5.74) is 0. The first kappa shape index (κ1) is 17.1. The molecule has 2 saturated heterocycles. The van der Waals surface area contributed by atoms with Gasteiger partial charge >= 0.3 is 0 Å². The first-order chi connectivity index (χ1) is 11.3. The molecular weight excluding hydrogens is 284 g/mol. The highest BCUT2D eigenvalue weighted by molar-refractivity contribution is 5.80. The van der Waals surface area contributed by atoms with Gasteiger partial charge in [-0.1, -0.05) is 19.8 Å². The molecule has 3 fully saturated rings. The average molecular weight is 321 g/mol. The highest BCUT2D eigenvalue weighted by Crippen LogP contribution is 2.35. The number of fused-ring (bicyclic) bond motifs is 1. The number of guanidine groups is 1. The Morgan fingerprint density at radius 3 is 2.43 bits per heavy atom. The van der Waals surface area contributed by atoms with Gasteiger partial charge in [0.2, 0.25) is 0 Å². The summed E-state index contributed by atoms with van der Waals surface area (Å²) in [6, 6.07) is 0. The van der Waals surface area contributed by atoms with E-state index in [9.17, 15) is 0 Å². The van der Waals surface area contributed by atoms with Crippen LogP contribution < -0.4 is 5.32 Å². The molecule has 0 amide bonds. The van der Waals surface area contributed by atoms with E-state index in [2.05, 4.69) is 27.0 Å². The van der Waals surface area contributed by atoms with E-state index in [1.807, 2.05) is 7.05 Å². The second-order valence-electron chi connectivity index (χ2n) is 8.09. The molecule has 1 saturated carbocycles. The van der Waals surface area contributed by atoms with E-state index >= 15 is 0 Å². The quantitative estimate of drug-likeness (QED) is 0.491. The third kappa shape index (κ3) is 4.62. The molecule has 1 N–H and O–H groups in total. The van der Waals surface area contributed by atoms with Gasteiger partial charge in [-0.3, -0.25) is 4.99 Å². The van der Waals surface area contributed by atoms with Crippen molar-refractivity contribution < 1.29 is 0 Å². The summed E-state index contributed by atoms with van der Waals surface area (Å²) in [5, 5.41) is 3.62. The van der Waals surface area contributed by atoms with E-state index in [-0.39, 0.29) is 0 Å². The molecule has 2 heterocycles. The number of hydrogen-bond donors (Lipinski definition) is 1. The van der Waals surface area contributed by atoms with Crippen molar-refractivity contribution in [2.24, 2.45) is 22.7 Å². The van der Waals surface area contributed by atoms with Crippen LogP contribution in [0.15, 0.2) is 4.99 Å². The Labute approximate surface area is 142 Å². The minimum atomic E-state index is 0.886. The third-order valence-corrected chi connectivity index (χ3v) is 6.16. The maximum atomic E-state index is 4.54. The van der Waals surface area contributed by atoms with Gasteiger partial charge in [0, 0.05) is 33.2 Å². The van der Waals surface area contributed by atoms with Gasteiger partial charge in [-0.05, 0) is 62.9 Å². The van der Waals surface area contributed by atoms with Gasteiger partial charge < -0.3 is 15.1 Å². The van der Waals surface area contributed by atoms with Gasteiger partial charge in [-0.2, -0.15) is 0 Å². The van der Waals surface area contributed by atoms with Crippen LogP contribution in [0.5, 0.6) is 0 Å². The maximum Gasteiger partial charge on any atom is 0.193 e. The van der Waals surface area contributed by atoms with E-state index in [1.54, 1.807) is 0 Å². The Balaban J connectivity index is 1.37. The molecule has 1 aliphatic carbocycles. The zero-order valence-electron chi connectivity index (χ0n) is 15.3. The largest absolute Gasteiger partial charge is 0.356 e. The lowest BCUT2D eigenvalue weighted by atomic mass is 9.82. The van der Waals surface area contributed by atoms with Crippen LogP contribution in [0.1, 0.15) is 51.9 Å². The molecule has 4 heteroatoms. The molecule has 3 atom stereocenters. The van der Waals surface area contributed by atoms with Crippen molar-refractivity contribution in [3.63, 3.8) is 0 Å². The van der Waals surface area contributed by atoms with Crippen LogP contribution in [0, 0.1) is 17.8 Å². The Hall–Kier alpha value is -0.770. The number of aliphatic imine (C=N–C) groups is 1. The number of likely N-dealkylation sites (tertiary alicyclic amines) is 2. The molecule has 3 aliphatic rings. The van der Waals surface area contributed by atoms with Gasteiger partial charge in [-0.25, -0.2) is 0 Å². The summed E-state index contributed by atoms with van der Waals surface area (Å²) in [4.78, 5) is 9.70. The highest BCUT2D eigenvalue weighted by Gasteiger charge is 2.35. The van der Waals surface area contributed by atoms with Gasteiger partial charge in [0.25, 0.3) is 0 Å². The zero-order valence-corrected chi connectivity index (χ0v) is 15.3. The van der Waals surface area contributed by atoms with Crippen molar-refractivity contribution in [1.82, 2.24) is 15.1 Å². The highest BCUT2D eigenvalue weighted by atomic mass is 15.3. The molecule has 0 aromatic carbocycles. The van der Waals surface area contributed by atoms with Crippen molar-refractivity contribution >= 4 is 5.96 Å². The third-order valence-electron chi connectivity index (χ3n) is 6.16. The number of piperidine rings is 1. The van der Waals surface area contributed by atoms with Crippen LogP contribution in [0.3, 0.4) is 0 Å². The predicted octanol–water partition coefficient (Wildman–Crippen LogP) is 2.81. The minimum Gasteiger partial charge on any atom is -0.356 e. The van der Waals surface area contributed by atoms with Crippen LogP contribution in [0.4, 0.5) is 0 Å². The molecule has 0 bridgehead atoms. The van der Waals surface area contributed by atoms with Gasteiger partial charge in [0.05, 0.1) is 0 Å². The van der Waals surface area contributed by atoms with E-state index in [4.69, 9.17) is 0 Å². The van der Waals surface area contributed by atoms with Crippen LogP contribution in [-0.4, -0.2) is 62.1 Å². The summed E-state index contributed by atoms with van der Waals surface area (Å²) in [5.74, 6) is 3.89. The minimum absolute atomic E-state index is 0.886. The topological polar surface area (TPSA) is 30.9 Å². The van der Waals surface area contributed by atoms with Crippen molar-refractivity contribution in [1.29, 1.82) is 0 Å². The van der Waals surface area contributed by atoms with Crippen LogP contribution in [-0.2, 0) is 0 Å². The van der Waals surface area contributed by atoms with Crippen LogP contribution in [0.2, 0.25) is 0 Å². The Morgan fingerprint density at radius 2 is 1.78 bits per heavy atom. The van der Waals surface area contributed by atoms with Gasteiger partial charge in [-0.15, -0.1) is 0 Å². The van der Waals surface area contributed by atoms with Crippen molar-refractivity contribution in [3.05, 3.63) is 0 Å². The number of nitrogens with zero attached hydrogens (tertiary/aromatic N) is 3. The molecule has 132 valence electrons. The van der Waals surface area contributed by atoms with Crippen LogP contribution in [0.25, 0.3) is 0 Å². The van der Waals surface area contributed by atoms with E-state index in [1.165, 1.54) is 77.7 Å². The van der Waals surface area contributed by atoms with Crippen molar-refractivity contribution in [3.8, 4) is 0 Å². The molecule has 4 nitrogen and oxygen atoms in total. The molecule has 0 aromatic heterocycles. The predicted molar refractivity (Wildman–Crippen MR) is 97.8 cm³/mol. The fourth-order valence-corrected chi connectivity index (χ4v) is 4.90. The van der Waals surface area contributed by atoms with Crippen molar-refractivity contribution in [2.45, 2.75) is 51.9 Å². The number of hydrogen-bond acceptors (Lipinski definition) is 2. The standard InChI is InChI=1S/C19H36N4/c1-16-7-5-11-22(13-16)12-6-10-21-19(20-2)23-14-17-8-3-4-9-18(17)15-23/h16-18H,3-15H2,1-2H3,(H,20,21).